The number of piperazine rings is 1. The Labute approximate surface area is 187 Å². The Kier molecular flexibility index (Phi) is 6.39. The number of amides is 2. The van der Waals surface area contributed by atoms with Crippen LogP contribution >= 0.6 is 0 Å². The molecule has 0 radical (unpaired) electrons. The maximum absolute atomic E-state index is 14.3. The Balaban J connectivity index is 1.72. The summed E-state index contributed by atoms with van der Waals surface area (Å²) in [6.45, 7) is 7.03. The third-order valence-electron chi connectivity index (χ3n) is 6.19. The number of rotatable bonds is 6. The lowest BCUT2D eigenvalue weighted by Crippen LogP contribution is -2.48. The number of carbonyl (C=O) groups excluding carboxylic acids is 2. The van der Waals surface area contributed by atoms with Crippen LogP contribution in [-0.4, -0.2) is 71.0 Å². The fourth-order valence-electron chi connectivity index (χ4n) is 4.47. The number of hydrogen-bond acceptors (Lipinski definition) is 5. The largest absolute Gasteiger partial charge is 0.395 e. The molecule has 6 nitrogen and oxygen atoms in total. The molecule has 1 saturated heterocycles. The molecule has 4 rings (SSSR count). The van der Waals surface area contributed by atoms with Crippen molar-refractivity contribution < 1.29 is 19.1 Å². The lowest BCUT2D eigenvalue weighted by atomic mass is 9.97. The Morgan fingerprint density at radius 3 is 2.34 bits per heavy atom. The molecule has 2 aliphatic heterocycles. The van der Waals surface area contributed by atoms with Gasteiger partial charge in [-0.05, 0) is 31.0 Å². The minimum Gasteiger partial charge on any atom is -0.395 e. The molecule has 7 heteroatoms. The van der Waals surface area contributed by atoms with Crippen LogP contribution in [0, 0.1) is 19.7 Å². The lowest BCUT2D eigenvalue weighted by Gasteiger charge is -2.36. The minimum atomic E-state index is -0.438. The van der Waals surface area contributed by atoms with Gasteiger partial charge in [-0.3, -0.25) is 19.4 Å². The summed E-state index contributed by atoms with van der Waals surface area (Å²) < 4.78 is 14.3. The molecule has 2 heterocycles. The predicted molar refractivity (Wildman–Crippen MR) is 120 cm³/mol. The molecule has 0 atom stereocenters. The van der Waals surface area contributed by atoms with E-state index in [-0.39, 0.29) is 19.1 Å². The van der Waals surface area contributed by atoms with Crippen molar-refractivity contribution in [2.24, 2.45) is 0 Å². The van der Waals surface area contributed by atoms with Gasteiger partial charge in [0, 0.05) is 38.3 Å². The summed E-state index contributed by atoms with van der Waals surface area (Å²) in [6.07, 6.45) is 0. The highest BCUT2D eigenvalue weighted by atomic mass is 19.1. The van der Waals surface area contributed by atoms with Gasteiger partial charge in [-0.2, -0.15) is 0 Å². The highest BCUT2D eigenvalue weighted by Gasteiger charge is 2.42. The van der Waals surface area contributed by atoms with Crippen LogP contribution < -0.4 is 0 Å². The summed E-state index contributed by atoms with van der Waals surface area (Å²) in [6, 6.07) is 12.0. The van der Waals surface area contributed by atoms with Crippen molar-refractivity contribution in [3.05, 3.63) is 76.2 Å². The molecule has 0 aromatic heterocycles. The van der Waals surface area contributed by atoms with Gasteiger partial charge >= 0.3 is 0 Å². The number of aryl methyl sites for hydroxylation is 2. The van der Waals surface area contributed by atoms with E-state index in [1.54, 1.807) is 18.2 Å². The van der Waals surface area contributed by atoms with E-state index in [2.05, 4.69) is 4.90 Å². The van der Waals surface area contributed by atoms with E-state index >= 15 is 0 Å². The predicted octanol–water partition coefficient (Wildman–Crippen LogP) is 2.33. The molecular weight excluding hydrogens is 409 g/mol. The van der Waals surface area contributed by atoms with Crippen LogP contribution in [0.4, 0.5) is 4.39 Å². The number of halogens is 1. The number of aliphatic hydroxyl groups excluding tert-OH is 1. The van der Waals surface area contributed by atoms with E-state index in [1.165, 1.54) is 6.07 Å². The molecule has 0 spiro atoms. The van der Waals surface area contributed by atoms with E-state index in [0.29, 0.717) is 49.6 Å². The van der Waals surface area contributed by atoms with Crippen LogP contribution in [0.3, 0.4) is 0 Å². The third kappa shape index (κ3) is 4.18. The zero-order valence-electron chi connectivity index (χ0n) is 18.5. The van der Waals surface area contributed by atoms with Gasteiger partial charge in [-0.1, -0.05) is 42.0 Å². The maximum atomic E-state index is 14.3. The van der Waals surface area contributed by atoms with E-state index in [1.807, 2.05) is 36.9 Å². The van der Waals surface area contributed by atoms with Crippen molar-refractivity contribution in [3.8, 4) is 0 Å². The normalized spacial score (nSPS) is 17.6. The Morgan fingerprint density at radius 1 is 0.969 bits per heavy atom. The van der Waals surface area contributed by atoms with Crippen molar-refractivity contribution in [3.63, 3.8) is 0 Å². The number of hydrogen-bond donors (Lipinski definition) is 1. The van der Waals surface area contributed by atoms with Gasteiger partial charge in [0.05, 0.1) is 18.7 Å². The number of carbonyl (C=O) groups is 2. The number of benzene rings is 2. The summed E-state index contributed by atoms with van der Waals surface area (Å²) in [5.74, 6) is -1.21. The Morgan fingerprint density at radius 2 is 1.69 bits per heavy atom. The van der Waals surface area contributed by atoms with E-state index in [4.69, 9.17) is 0 Å². The van der Waals surface area contributed by atoms with Gasteiger partial charge in [0.2, 0.25) is 0 Å². The zero-order chi connectivity index (χ0) is 22.8. The van der Waals surface area contributed by atoms with Crippen LogP contribution in [0.5, 0.6) is 0 Å². The van der Waals surface area contributed by atoms with Crippen LogP contribution in [0.2, 0.25) is 0 Å². The number of nitrogens with zero attached hydrogens (tertiary/aromatic N) is 3. The van der Waals surface area contributed by atoms with Crippen molar-refractivity contribution >= 4 is 17.4 Å². The topological polar surface area (TPSA) is 64.1 Å². The van der Waals surface area contributed by atoms with E-state index in [9.17, 15) is 19.1 Å². The van der Waals surface area contributed by atoms with Crippen molar-refractivity contribution in [1.29, 1.82) is 0 Å². The Hall–Kier alpha value is -3.03. The molecule has 1 N–H and O–H groups in total. The standard InChI is InChI=1S/C25H28FN3O3/c1-17-7-8-20(18(2)15-17)22-23(28-11-9-27(10-12-28)13-14-30)25(32)29(24(22)31)16-19-5-3-4-6-21(19)26/h3-8,15,30H,9-14,16H2,1-2H3. The second-order valence-electron chi connectivity index (χ2n) is 8.38. The molecule has 1 fully saturated rings. The third-order valence-corrected chi connectivity index (χ3v) is 6.19. The van der Waals surface area contributed by atoms with Gasteiger partial charge in [-0.25, -0.2) is 4.39 Å². The van der Waals surface area contributed by atoms with Crippen LogP contribution in [-0.2, 0) is 16.1 Å². The maximum Gasteiger partial charge on any atom is 0.278 e. The quantitative estimate of drug-likeness (QED) is 0.703. The van der Waals surface area contributed by atoms with Crippen LogP contribution in [0.1, 0.15) is 22.3 Å². The van der Waals surface area contributed by atoms with E-state index in [0.717, 1.165) is 21.6 Å². The minimum absolute atomic E-state index is 0.0876. The lowest BCUT2D eigenvalue weighted by molar-refractivity contribution is -0.138. The molecule has 0 aliphatic carbocycles. The molecule has 168 valence electrons. The first kappa shape index (κ1) is 22.2. The van der Waals surface area contributed by atoms with Gasteiger partial charge in [0.25, 0.3) is 11.8 Å². The van der Waals surface area contributed by atoms with Gasteiger partial charge in [0.1, 0.15) is 11.5 Å². The van der Waals surface area contributed by atoms with Gasteiger partial charge < -0.3 is 10.0 Å². The fourth-order valence-corrected chi connectivity index (χ4v) is 4.47. The zero-order valence-corrected chi connectivity index (χ0v) is 18.5. The molecule has 2 aromatic rings. The summed E-state index contributed by atoms with van der Waals surface area (Å²) in [4.78, 5) is 32.3. The van der Waals surface area contributed by atoms with Crippen molar-refractivity contribution in [1.82, 2.24) is 14.7 Å². The van der Waals surface area contributed by atoms with Gasteiger partial charge in [-0.15, -0.1) is 0 Å². The fraction of sp³-hybridized carbons (Fsp3) is 0.360. The molecule has 0 unspecified atom stereocenters. The average molecular weight is 438 g/mol. The van der Waals surface area contributed by atoms with E-state index < -0.39 is 11.7 Å². The molecule has 2 aliphatic rings. The second-order valence-corrected chi connectivity index (χ2v) is 8.38. The molecule has 2 amide bonds. The first-order valence-corrected chi connectivity index (χ1v) is 10.9. The number of β-amino-alcohol motifs (C(OH)–C–C–N with tert-alkyl or cyclic N) is 1. The van der Waals surface area contributed by atoms with Crippen molar-refractivity contribution in [2.45, 2.75) is 20.4 Å². The molecular formula is C25H28FN3O3. The second kappa shape index (κ2) is 9.22. The monoisotopic (exact) mass is 437 g/mol. The summed E-state index contributed by atoms with van der Waals surface area (Å²) in [7, 11) is 0. The molecule has 2 aromatic carbocycles. The van der Waals surface area contributed by atoms with Crippen LogP contribution in [0.15, 0.2) is 48.2 Å². The highest BCUT2D eigenvalue weighted by molar-refractivity contribution is 6.35. The molecule has 0 bridgehead atoms. The summed E-state index contributed by atoms with van der Waals surface area (Å²) >= 11 is 0. The van der Waals surface area contributed by atoms with Gasteiger partial charge in [0.15, 0.2) is 0 Å². The Bertz CT molecular complexity index is 1070. The summed E-state index contributed by atoms with van der Waals surface area (Å²) in [5.41, 5.74) is 3.82. The molecule has 32 heavy (non-hydrogen) atoms. The first-order chi connectivity index (χ1) is 15.4. The first-order valence-electron chi connectivity index (χ1n) is 10.9. The smallest absolute Gasteiger partial charge is 0.278 e. The SMILES string of the molecule is Cc1ccc(C2=C(N3CCN(CCO)CC3)C(=O)N(Cc3ccccc3F)C2=O)c(C)c1. The average Bonchev–Trinajstić information content (AvgIpc) is 3.01. The highest BCUT2D eigenvalue weighted by Crippen LogP contribution is 2.35. The van der Waals surface area contributed by atoms with Crippen LogP contribution in [0.25, 0.3) is 5.57 Å². The number of aliphatic hydroxyl groups is 1. The number of imide groups is 1. The molecule has 0 saturated carbocycles. The van der Waals surface area contributed by atoms with Crippen molar-refractivity contribution in [2.75, 3.05) is 39.3 Å². The summed E-state index contributed by atoms with van der Waals surface area (Å²) in [5, 5.41) is 9.21.